The minimum absolute atomic E-state index is 0.211. The second-order valence-corrected chi connectivity index (χ2v) is 6.00. The normalized spacial score (nSPS) is 11.3. The highest BCUT2D eigenvalue weighted by Crippen LogP contribution is 2.23. The number of anilines is 1. The molecule has 0 bridgehead atoms. The molecule has 2 aromatic rings. The number of amides is 2. The summed E-state index contributed by atoms with van der Waals surface area (Å²) in [5, 5.41) is 2.51. The number of hydrogen-bond donors (Lipinski definition) is 1. The molecule has 28 heavy (non-hydrogen) atoms. The maximum absolute atomic E-state index is 12.1. The zero-order valence-corrected chi connectivity index (χ0v) is 15.3. The highest BCUT2D eigenvalue weighted by atomic mass is 19.4. The molecule has 2 amide bonds. The maximum Gasteiger partial charge on any atom is 0.573 e. The van der Waals surface area contributed by atoms with Gasteiger partial charge in [-0.25, -0.2) is 0 Å². The van der Waals surface area contributed by atoms with Gasteiger partial charge in [-0.2, -0.15) is 0 Å². The van der Waals surface area contributed by atoms with Gasteiger partial charge in [0, 0.05) is 18.8 Å². The Morgan fingerprint density at radius 2 is 1.75 bits per heavy atom. The summed E-state index contributed by atoms with van der Waals surface area (Å²) in [6, 6.07) is 12.3. The van der Waals surface area contributed by atoms with E-state index in [0.717, 1.165) is 23.3 Å². The number of carbonyl (C=O) groups excluding carboxylic acids is 2. The monoisotopic (exact) mass is 392 g/mol. The lowest BCUT2D eigenvalue weighted by Gasteiger charge is -2.15. The largest absolute Gasteiger partial charge is 0.573 e. The summed E-state index contributed by atoms with van der Waals surface area (Å²) in [6.45, 7) is 1.71. The number of alkyl halides is 3. The van der Waals surface area contributed by atoms with Crippen LogP contribution in [0.2, 0.25) is 0 Å². The predicted molar refractivity (Wildman–Crippen MR) is 99.6 cm³/mol. The van der Waals surface area contributed by atoms with Crippen LogP contribution in [0.1, 0.15) is 11.1 Å². The molecule has 0 spiro atoms. The molecule has 2 rings (SSSR count). The van der Waals surface area contributed by atoms with Crippen molar-refractivity contribution in [3.63, 3.8) is 0 Å². The second-order valence-electron chi connectivity index (χ2n) is 6.00. The highest BCUT2D eigenvalue weighted by molar-refractivity contribution is 5.98. The average Bonchev–Trinajstić information content (AvgIpc) is 2.61. The number of likely N-dealkylation sites (N-methyl/N-ethyl adjacent to an activating group) is 1. The van der Waals surface area contributed by atoms with E-state index in [1.807, 2.05) is 31.2 Å². The van der Waals surface area contributed by atoms with Crippen LogP contribution in [0.25, 0.3) is 6.08 Å². The SMILES string of the molecule is Cc1ccccc1/C=C/C(=O)N(C)CC(=O)Nc1ccc(OC(F)(F)F)cc1. The Balaban J connectivity index is 1.88. The lowest BCUT2D eigenvalue weighted by atomic mass is 10.1. The van der Waals surface area contributed by atoms with Gasteiger partial charge in [0.05, 0.1) is 6.54 Å². The topological polar surface area (TPSA) is 58.6 Å². The van der Waals surface area contributed by atoms with E-state index < -0.39 is 12.3 Å². The zero-order chi connectivity index (χ0) is 20.7. The molecule has 0 aromatic heterocycles. The minimum atomic E-state index is -4.78. The van der Waals surface area contributed by atoms with Crippen LogP contribution in [0.3, 0.4) is 0 Å². The Morgan fingerprint density at radius 1 is 1.11 bits per heavy atom. The molecule has 0 aliphatic heterocycles. The molecule has 0 radical (unpaired) electrons. The fourth-order valence-corrected chi connectivity index (χ4v) is 2.30. The quantitative estimate of drug-likeness (QED) is 0.756. The van der Waals surface area contributed by atoms with Gasteiger partial charge in [0.1, 0.15) is 5.75 Å². The highest BCUT2D eigenvalue weighted by Gasteiger charge is 2.30. The molecule has 5 nitrogen and oxygen atoms in total. The molecule has 0 fully saturated rings. The van der Waals surface area contributed by atoms with Crippen LogP contribution in [0.5, 0.6) is 5.75 Å². The molecule has 1 N–H and O–H groups in total. The summed E-state index contributed by atoms with van der Waals surface area (Å²) in [5.74, 6) is -1.23. The van der Waals surface area contributed by atoms with Crippen LogP contribution in [-0.2, 0) is 9.59 Å². The van der Waals surface area contributed by atoms with Crippen LogP contribution in [0.15, 0.2) is 54.6 Å². The first-order chi connectivity index (χ1) is 13.1. The van der Waals surface area contributed by atoms with Crippen molar-refractivity contribution in [2.45, 2.75) is 13.3 Å². The number of rotatable bonds is 6. The first-order valence-electron chi connectivity index (χ1n) is 8.28. The third kappa shape index (κ3) is 6.79. The third-order valence-corrected chi connectivity index (χ3v) is 3.72. The summed E-state index contributed by atoms with van der Waals surface area (Å²) >= 11 is 0. The van der Waals surface area contributed by atoms with Gasteiger partial charge in [-0.05, 0) is 48.4 Å². The van der Waals surface area contributed by atoms with E-state index in [2.05, 4.69) is 10.1 Å². The molecule has 148 valence electrons. The van der Waals surface area contributed by atoms with Crippen molar-refractivity contribution in [3.05, 3.63) is 65.7 Å². The van der Waals surface area contributed by atoms with Crippen molar-refractivity contribution < 1.29 is 27.5 Å². The average molecular weight is 392 g/mol. The molecule has 0 unspecified atom stereocenters. The molecular formula is C20H19F3N2O3. The van der Waals surface area contributed by atoms with E-state index in [9.17, 15) is 22.8 Å². The van der Waals surface area contributed by atoms with E-state index in [4.69, 9.17) is 0 Å². The van der Waals surface area contributed by atoms with Gasteiger partial charge in [-0.1, -0.05) is 24.3 Å². The molecule has 0 heterocycles. The Morgan fingerprint density at radius 3 is 2.36 bits per heavy atom. The molecule has 8 heteroatoms. The first-order valence-corrected chi connectivity index (χ1v) is 8.28. The van der Waals surface area contributed by atoms with Crippen LogP contribution in [-0.4, -0.2) is 36.7 Å². The summed E-state index contributed by atoms with van der Waals surface area (Å²) < 4.78 is 40.1. The molecule has 0 aliphatic rings. The minimum Gasteiger partial charge on any atom is -0.406 e. The fraction of sp³-hybridized carbons (Fsp3) is 0.200. The number of hydrogen-bond acceptors (Lipinski definition) is 3. The number of nitrogens with one attached hydrogen (secondary N) is 1. The summed E-state index contributed by atoms with van der Waals surface area (Å²) in [5.41, 5.74) is 2.20. The summed E-state index contributed by atoms with van der Waals surface area (Å²) in [7, 11) is 1.48. The lowest BCUT2D eigenvalue weighted by Crippen LogP contribution is -2.33. The van der Waals surface area contributed by atoms with Gasteiger partial charge in [-0.3, -0.25) is 9.59 Å². The molecule has 2 aromatic carbocycles. The lowest BCUT2D eigenvalue weighted by molar-refractivity contribution is -0.274. The van der Waals surface area contributed by atoms with E-state index in [1.165, 1.54) is 30.2 Å². The Kier molecular flexibility index (Phi) is 6.81. The first kappa shape index (κ1) is 21.0. The van der Waals surface area contributed by atoms with Gasteiger partial charge in [-0.15, -0.1) is 13.2 Å². The van der Waals surface area contributed by atoms with Crippen molar-refractivity contribution in [1.82, 2.24) is 4.90 Å². The third-order valence-electron chi connectivity index (χ3n) is 3.72. The van der Waals surface area contributed by atoms with Crippen LogP contribution >= 0.6 is 0 Å². The molecular weight excluding hydrogens is 373 g/mol. The van der Waals surface area contributed by atoms with E-state index in [1.54, 1.807) is 6.08 Å². The molecule has 0 saturated heterocycles. The maximum atomic E-state index is 12.1. The Labute approximate surface area is 160 Å². The Bertz CT molecular complexity index is 862. The number of benzene rings is 2. The molecule has 0 saturated carbocycles. The van der Waals surface area contributed by atoms with Gasteiger partial charge >= 0.3 is 6.36 Å². The second kappa shape index (κ2) is 9.07. The number of halogens is 3. The molecule has 0 atom stereocenters. The van der Waals surface area contributed by atoms with Gasteiger partial charge in [0.2, 0.25) is 11.8 Å². The number of carbonyl (C=O) groups is 2. The van der Waals surface area contributed by atoms with Crippen LogP contribution in [0.4, 0.5) is 18.9 Å². The van der Waals surface area contributed by atoms with Crippen molar-refractivity contribution in [2.24, 2.45) is 0 Å². The van der Waals surface area contributed by atoms with Crippen molar-refractivity contribution in [2.75, 3.05) is 18.9 Å². The number of ether oxygens (including phenoxy) is 1. The van der Waals surface area contributed by atoms with Crippen molar-refractivity contribution in [1.29, 1.82) is 0 Å². The smallest absolute Gasteiger partial charge is 0.406 e. The molecule has 0 aliphatic carbocycles. The van der Waals surface area contributed by atoms with Gasteiger partial charge in [0.25, 0.3) is 0 Å². The standard InChI is InChI=1S/C20H19F3N2O3/c1-14-5-3-4-6-15(14)7-12-19(27)25(2)13-18(26)24-16-8-10-17(11-9-16)28-20(21,22)23/h3-12H,13H2,1-2H3,(H,24,26)/b12-7+. The van der Waals surface area contributed by atoms with Crippen molar-refractivity contribution in [3.8, 4) is 5.75 Å². The number of nitrogens with zero attached hydrogens (tertiary/aromatic N) is 1. The van der Waals surface area contributed by atoms with E-state index >= 15 is 0 Å². The van der Waals surface area contributed by atoms with Crippen molar-refractivity contribution >= 4 is 23.6 Å². The predicted octanol–water partition coefficient (Wildman–Crippen LogP) is 4.00. The van der Waals surface area contributed by atoms with Crippen LogP contribution < -0.4 is 10.1 Å². The van der Waals surface area contributed by atoms with E-state index in [-0.39, 0.29) is 23.9 Å². The van der Waals surface area contributed by atoms with Gasteiger partial charge in [0.15, 0.2) is 0 Å². The van der Waals surface area contributed by atoms with Gasteiger partial charge < -0.3 is 15.0 Å². The summed E-state index contributed by atoms with van der Waals surface area (Å²) in [4.78, 5) is 25.4. The van der Waals surface area contributed by atoms with E-state index in [0.29, 0.717) is 0 Å². The van der Waals surface area contributed by atoms with Crippen LogP contribution in [0, 0.1) is 6.92 Å². The summed E-state index contributed by atoms with van der Waals surface area (Å²) in [6.07, 6.45) is -1.73. The zero-order valence-electron chi connectivity index (χ0n) is 15.3. The Hall–Kier alpha value is -3.29. The fourth-order valence-electron chi connectivity index (χ4n) is 2.30. The number of aryl methyl sites for hydroxylation is 1.